The average molecular weight is 336 g/mol. The number of ether oxygens (including phenoxy) is 2. The number of hydrogen-bond donors (Lipinski definition) is 0. The van der Waals surface area contributed by atoms with Crippen LogP contribution in [0.25, 0.3) is 0 Å². The molecule has 0 fully saturated rings. The Hall–Kier alpha value is 0.843. The van der Waals surface area contributed by atoms with Gasteiger partial charge < -0.3 is 59.2 Å². The van der Waals surface area contributed by atoms with Gasteiger partial charge in [0, 0.05) is 28.2 Å². The van der Waals surface area contributed by atoms with Gasteiger partial charge in [-0.1, -0.05) is 0 Å². The third-order valence-electron chi connectivity index (χ3n) is 0.664. The number of thiocarbonyl (C=S) groups is 2. The molecule has 0 aromatic carbocycles. The molecule has 0 N–H and O–H groups in total. The molecule has 0 radical (unpaired) electrons. The summed E-state index contributed by atoms with van der Waals surface area (Å²) >= 11 is 17.9. The third kappa shape index (κ3) is 31.3. The van der Waals surface area contributed by atoms with Gasteiger partial charge in [-0.15, -0.1) is 0 Å². The molecule has 0 heterocycles. The first-order valence-electron chi connectivity index (χ1n) is 4.01. The number of hydrogen-bond acceptors (Lipinski definition) is 6. The molecule has 0 aliphatic heterocycles. The molecule has 0 rings (SSSR count). The smallest absolute Gasteiger partial charge is 0.0907 e. The van der Waals surface area contributed by atoms with E-state index in [9.17, 15) is 0 Å². The first kappa shape index (κ1) is 21.2. The fourth-order valence-electron chi connectivity index (χ4n) is 0.385. The first-order chi connectivity index (χ1) is 6.25. The van der Waals surface area contributed by atoms with Crippen molar-refractivity contribution in [3.63, 3.8) is 0 Å². The summed E-state index contributed by atoms with van der Waals surface area (Å²) in [5.41, 5.74) is 0. The van der Waals surface area contributed by atoms with Crippen LogP contribution in [0.5, 0.6) is 0 Å². The molecule has 15 heavy (non-hydrogen) atoms. The monoisotopic (exact) mass is 334 g/mol. The Kier molecular flexibility index (Phi) is 18.2. The molecular formula is C8H14O2S4Zn-2. The van der Waals surface area contributed by atoms with Gasteiger partial charge >= 0.3 is 0 Å². The van der Waals surface area contributed by atoms with Crippen LogP contribution >= 0.6 is 24.4 Å². The van der Waals surface area contributed by atoms with Crippen LogP contribution in [0, 0.1) is 0 Å². The molecule has 0 aliphatic rings. The van der Waals surface area contributed by atoms with E-state index in [1.54, 1.807) is 0 Å². The number of rotatable bonds is 2. The fourth-order valence-corrected chi connectivity index (χ4v) is 1.15. The predicted molar refractivity (Wildman–Crippen MR) is 72.4 cm³/mol. The zero-order valence-electron chi connectivity index (χ0n) is 9.31. The van der Waals surface area contributed by atoms with Crippen LogP contribution in [0.2, 0.25) is 0 Å². The Morgan fingerprint density at radius 2 is 1.07 bits per heavy atom. The minimum atomic E-state index is 0. The summed E-state index contributed by atoms with van der Waals surface area (Å²) in [5, 5.41) is 0. The van der Waals surface area contributed by atoms with Gasteiger partial charge in [0.05, 0.1) is 12.2 Å². The Morgan fingerprint density at radius 3 is 1.07 bits per heavy atom. The van der Waals surface area contributed by atoms with Crippen molar-refractivity contribution in [3.8, 4) is 0 Å². The van der Waals surface area contributed by atoms with E-state index in [-0.39, 0.29) is 40.5 Å². The molecule has 0 aromatic heterocycles. The van der Waals surface area contributed by atoms with E-state index in [2.05, 4.69) is 49.7 Å². The quantitative estimate of drug-likeness (QED) is 0.435. The molecule has 86 valence electrons. The van der Waals surface area contributed by atoms with E-state index in [1.165, 1.54) is 0 Å². The van der Waals surface area contributed by atoms with Crippen LogP contribution in [0.4, 0.5) is 0 Å². The summed E-state index contributed by atoms with van der Waals surface area (Å²) in [6, 6.07) is 0. The predicted octanol–water partition coefficient (Wildman–Crippen LogP) is 2.48. The van der Waals surface area contributed by atoms with Crippen molar-refractivity contribution in [2.24, 2.45) is 0 Å². The van der Waals surface area contributed by atoms with Gasteiger partial charge in [-0.2, -0.15) is 0 Å². The van der Waals surface area contributed by atoms with Crippen molar-refractivity contribution in [2.75, 3.05) is 0 Å². The summed E-state index contributed by atoms with van der Waals surface area (Å²) < 4.78 is 10.0. The van der Waals surface area contributed by atoms with Crippen LogP contribution in [0.3, 0.4) is 0 Å². The summed E-state index contributed by atoms with van der Waals surface area (Å²) in [6.45, 7) is 7.55. The Balaban J connectivity index is -0.000000180. The van der Waals surface area contributed by atoms with Gasteiger partial charge in [-0.05, 0) is 27.7 Å². The van der Waals surface area contributed by atoms with Crippen LogP contribution in [0.15, 0.2) is 0 Å². The molecule has 7 heteroatoms. The van der Waals surface area contributed by atoms with E-state index < -0.39 is 0 Å². The standard InChI is InChI=1S/2C4H8OS2.Zn/c2*1-3(2)5-4(6)7;/h2*3H,1-2H3,(H,6,7);/p-2. The van der Waals surface area contributed by atoms with Crippen molar-refractivity contribution in [3.05, 3.63) is 0 Å². The summed E-state index contributed by atoms with van der Waals surface area (Å²) in [7, 11) is 0. The van der Waals surface area contributed by atoms with Gasteiger partial charge in [0.25, 0.3) is 0 Å². The maximum atomic E-state index is 4.80. The normalized spacial score (nSPS) is 8.40. The first-order valence-corrected chi connectivity index (χ1v) is 5.64. The van der Waals surface area contributed by atoms with Crippen molar-refractivity contribution < 1.29 is 29.0 Å². The molecule has 0 aromatic rings. The van der Waals surface area contributed by atoms with Crippen LogP contribution in [-0.2, 0) is 54.2 Å². The molecule has 0 spiro atoms. The Morgan fingerprint density at radius 1 is 0.867 bits per heavy atom. The van der Waals surface area contributed by atoms with Crippen molar-refractivity contribution in [1.29, 1.82) is 0 Å². The van der Waals surface area contributed by atoms with Crippen molar-refractivity contribution >= 4 is 58.5 Å². The topological polar surface area (TPSA) is 18.5 Å². The largest absolute Gasteiger partial charge is 0.511 e. The third-order valence-corrected chi connectivity index (χ3v) is 1.05. The second-order valence-electron chi connectivity index (χ2n) is 2.83. The average Bonchev–Trinajstić information content (AvgIpc) is 1.79. The molecule has 0 saturated carbocycles. The van der Waals surface area contributed by atoms with Crippen LogP contribution < -0.4 is 0 Å². The van der Waals surface area contributed by atoms with Gasteiger partial charge in [-0.25, -0.2) is 0 Å². The van der Waals surface area contributed by atoms with Gasteiger partial charge in [-0.3, -0.25) is 0 Å². The minimum absolute atomic E-state index is 0. The van der Waals surface area contributed by atoms with E-state index in [4.69, 9.17) is 9.47 Å². The molecule has 0 unspecified atom stereocenters. The minimum Gasteiger partial charge on any atom is -0.511 e. The molecular weight excluding hydrogens is 322 g/mol. The van der Waals surface area contributed by atoms with E-state index in [0.29, 0.717) is 0 Å². The molecule has 2 nitrogen and oxygen atoms in total. The maximum Gasteiger partial charge on any atom is 0.0907 e. The summed E-state index contributed by atoms with van der Waals surface area (Å²) in [6.07, 6.45) is 0.259. The maximum absolute atomic E-state index is 4.80. The Labute approximate surface area is 126 Å². The van der Waals surface area contributed by atoms with Crippen LogP contribution in [-0.4, -0.2) is 21.0 Å². The second kappa shape index (κ2) is 12.9. The van der Waals surface area contributed by atoms with Gasteiger partial charge in [0.1, 0.15) is 0 Å². The van der Waals surface area contributed by atoms with E-state index in [0.717, 1.165) is 0 Å². The molecule has 0 atom stereocenters. The molecule has 0 aliphatic carbocycles. The van der Waals surface area contributed by atoms with Gasteiger partial charge in [0.2, 0.25) is 0 Å². The summed E-state index contributed by atoms with van der Waals surface area (Å²) in [4.78, 5) is 0. The zero-order valence-corrected chi connectivity index (χ0v) is 15.5. The zero-order chi connectivity index (χ0) is 11.7. The van der Waals surface area contributed by atoms with Crippen molar-refractivity contribution in [1.82, 2.24) is 0 Å². The Bertz CT molecular complexity index is 165. The molecule has 0 bridgehead atoms. The van der Waals surface area contributed by atoms with E-state index in [1.807, 2.05) is 27.7 Å². The van der Waals surface area contributed by atoms with Gasteiger partial charge in [0.15, 0.2) is 0 Å². The molecule has 0 amide bonds. The second-order valence-corrected chi connectivity index (χ2v) is 4.83. The summed E-state index contributed by atoms with van der Waals surface area (Å²) in [5.74, 6) is 0. The van der Waals surface area contributed by atoms with E-state index >= 15 is 0 Å². The fraction of sp³-hybridized carbons (Fsp3) is 0.750. The van der Waals surface area contributed by atoms with Crippen molar-refractivity contribution in [2.45, 2.75) is 39.9 Å². The molecule has 0 saturated heterocycles. The SMILES string of the molecule is CC(C)OC(=S)[S-].CC(C)OC(=S)[S-].[Zn]. The van der Waals surface area contributed by atoms with Crippen LogP contribution in [0.1, 0.15) is 27.7 Å².